The smallest absolute Gasteiger partial charge is 0.203 e. The summed E-state index contributed by atoms with van der Waals surface area (Å²) in [6.07, 6.45) is 7.48. The number of allylic oxidation sites excluding steroid dienone is 1. The molecule has 1 N–H and O–H groups in total. The molecule has 1 heterocycles. The Morgan fingerprint density at radius 2 is 1.68 bits per heavy atom. The van der Waals surface area contributed by atoms with Gasteiger partial charge in [0.05, 0.1) is 4.88 Å². The van der Waals surface area contributed by atoms with E-state index < -0.39 is 0 Å². The van der Waals surface area contributed by atoms with E-state index in [2.05, 4.69) is 27.6 Å². The second kappa shape index (κ2) is 7.33. The summed E-state index contributed by atoms with van der Waals surface area (Å²) in [6, 6.07) is 20.3. The van der Waals surface area contributed by atoms with E-state index in [1.807, 2.05) is 66.9 Å². The molecule has 0 aliphatic heterocycles. The van der Waals surface area contributed by atoms with E-state index >= 15 is 0 Å². The normalized spacial score (nSPS) is 11.3. The van der Waals surface area contributed by atoms with Crippen LogP contribution in [0.15, 0.2) is 78.0 Å². The molecule has 0 aliphatic rings. The molecular formula is C18H15N3S. The zero-order valence-electron chi connectivity index (χ0n) is 11.9. The molecule has 1 aromatic heterocycles. The third-order valence-electron chi connectivity index (χ3n) is 2.97. The van der Waals surface area contributed by atoms with E-state index in [4.69, 9.17) is 0 Å². The van der Waals surface area contributed by atoms with Gasteiger partial charge in [-0.1, -0.05) is 78.1 Å². The largest absolute Gasteiger partial charge is 0.253 e. The van der Waals surface area contributed by atoms with Crippen LogP contribution in [0.2, 0.25) is 0 Å². The van der Waals surface area contributed by atoms with Gasteiger partial charge in [-0.25, -0.2) is 4.98 Å². The Morgan fingerprint density at radius 1 is 0.955 bits per heavy atom. The highest BCUT2D eigenvalue weighted by molar-refractivity contribution is 7.18. The number of benzene rings is 2. The molecule has 3 aromatic rings. The summed E-state index contributed by atoms with van der Waals surface area (Å²) in [7, 11) is 0. The summed E-state index contributed by atoms with van der Waals surface area (Å²) >= 11 is 1.58. The van der Waals surface area contributed by atoms with Gasteiger partial charge in [-0.2, -0.15) is 5.10 Å². The zero-order chi connectivity index (χ0) is 15.0. The van der Waals surface area contributed by atoms with Crippen molar-refractivity contribution in [1.29, 1.82) is 0 Å². The molecule has 0 bridgehead atoms. The first kappa shape index (κ1) is 14.2. The summed E-state index contributed by atoms with van der Waals surface area (Å²) in [5, 5.41) is 4.93. The first-order valence-corrected chi connectivity index (χ1v) is 7.75. The number of nitrogens with one attached hydrogen (secondary N) is 1. The number of hydrogen-bond donors (Lipinski definition) is 1. The van der Waals surface area contributed by atoms with Crippen LogP contribution in [0, 0.1) is 0 Å². The first-order chi connectivity index (χ1) is 10.9. The molecule has 22 heavy (non-hydrogen) atoms. The van der Waals surface area contributed by atoms with Crippen molar-refractivity contribution in [3.8, 4) is 10.4 Å². The molecule has 3 nitrogen and oxygen atoms in total. The Hall–Kier alpha value is -2.72. The van der Waals surface area contributed by atoms with Gasteiger partial charge in [-0.15, -0.1) is 0 Å². The number of hydrazone groups is 1. The van der Waals surface area contributed by atoms with Crippen molar-refractivity contribution in [1.82, 2.24) is 4.98 Å². The molecule has 0 amide bonds. The minimum Gasteiger partial charge on any atom is -0.253 e. The lowest BCUT2D eigenvalue weighted by Gasteiger charge is -1.94. The van der Waals surface area contributed by atoms with Crippen LogP contribution >= 0.6 is 11.3 Å². The first-order valence-electron chi connectivity index (χ1n) is 6.94. The molecule has 4 heteroatoms. The highest BCUT2D eigenvalue weighted by Gasteiger charge is 2.02. The Balaban J connectivity index is 1.57. The lowest BCUT2D eigenvalue weighted by Crippen LogP contribution is -1.85. The molecule has 108 valence electrons. The third kappa shape index (κ3) is 3.90. The van der Waals surface area contributed by atoms with Gasteiger partial charge < -0.3 is 0 Å². The molecule has 0 aliphatic carbocycles. The van der Waals surface area contributed by atoms with Gasteiger partial charge in [-0.3, -0.25) is 5.43 Å². The summed E-state index contributed by atoms with van der Waals surface area (Å²) in [4.78, 5) is 5.44. The number of aromatic nitrogens is 1. The minimum atomic E-state index is 0.781. The third-order valence-corrected chi connectivity index (χ3v) is 3.92. The predicted molar refractivity (Wildman–Crippen MR) is 95.1 cm³/mol. The Bertz CT molecular complexity index is 761. The Morgan fingerprint density at radius 3 is 2.45 bits per heavy atom. The Labute approximate surface area is 133 Å². The van der Waals surface area contributed by atoms with Crippen molar-refractivity contribution in [3.05, 3.63) is 78.5 Å². The van der Waals surface area contributed by atoms with Crippen LogP contribution in [0.3, 0.4) is 0 Å². The van der Waals surface area contributed by atoms with Gasteiger partial charge in [0.2, 0.25) is 5.13 Å². The van der Waals surface area contributed by atoms with Crippen LogP contribution in [-0.4, -0.2) is 11.2 Å². The molecule has 2 aromatic carbocycles. The van der Waals surface area contributed by atoms with Crippen molar-refractivity contribution >= 4 is 28.8 Å². The van der Waals surface area contributed by atoms with Gasteiger partial charge in [-0.05, 0) is 17.2 Å². The average Bonchev–Trinajstić information content (AvgIpc) is 3.05. The summed E-state index contributed by atoms with van der Waals surface area (Å²) in [5.41, 5.74) is 5.26. The van der Waals surface area contributed by atoms with E-state index in [0.29, 0.717) is 0 Å². The van der Waals surface area contributed by atoms with Crippen molar-refractivity contribution < 1.29 is 0 Å². The van der Waals surface area contributed by atoms with Gasteiger partial charge in [0, 0.05) is 12.4 Å². The van der Waals surface area contributed by atoms with Crippen LogP contribution < -0.4 is 5.43 Å². The molecule has 0 spiro atoms. The monoisotopic (exact) mass is 305 g/mol. The number of anilines is 1. The van der Waals surface area contributed by atoms with Crippen LogP contribution in [0.5, 0.6) is 0 Å². The van der Waals surface area contributed by atoms with Crippen molar-refractivity contribution in [2.75, 3.05) is 5.43 Å². The van der Waals surface area contributed by atoms with Crippen LogP contribution in [0.25, 0.3) is 16.5 Å². The van der Waals surface area contributed by atoms with Gasteiger partial charge >= 0.3 is 0 Å². The molecule has 0 unspecified atom stereocenters. The summed E-state index contributed by atoms with van der Waals surface area (Å²) < 4.78 is 0. The maximum Gasteiger partial charge on any atom is 0.203 e. The van der Waals surface area contributed by atoms with E-state index in [0.717, 1.165) is 15.6 Å². The fourth-order valence-corrected chi connectivity index (χ4v) is 2.69. The van der Waals surface area contributed by atoms with E-state index in [1.165, 1.54) is 5.56 Å². The fourth-order valence-electron chi connectivity index (χ4n) is 1.92. The average molecular weight is 305 g/mol. The van der Waals surface area contributed by atoms with E-state index in [-0.39, 0.29) is 0 Å². The van der Waals surface area contributed by atoms with Crippen LogP contribution in [-0.2, 0) is 0 Å². The van der Waals surface area contributed by atoms with E-state index in [9.17, 15) is 0 Å². The summed E-state index contributed by atoms with van der Waals surface area (Å²) in [6.45, 7) is 0. The topological polar surface area (TPSA) is 37.3 Å². The molecule has 0 atom stereocenters. The number of hydrogen-bond acceptors (Lipinski definition) is 4. The number of nitrogens with zero attached hydrogens (tertiary/aromatic N) is 2. The van der Waals surface area contributed by atoms with Crippen molar-refractivity contribution in [2.24, 2.45) is 5.10 Å². The minimum absolute atomic E-state index is 0.781. The number of rotatable bonds is 5. The summed E-state index contributed by atoms with van der Waals surface area (Å²) in [5.74, 6) is 0. The van der Waals surface area contributed by atoms with Gasteiger partial charge in [0.25, 0.3) is 0 Å². The molecule has 0 saturated heterocycles. The second-order valence-corrected chi connectivity index (χ2v) is 5.59. The molecule has 3 rings (SSSR count). The number of thiazole rings is 1. The van der Waals surface area contributed by atoms with Crippen LogP contribution in [0.4, 0.5) is 5.13 Å². The maximum absolute atomic E-state index is 4.32. The predicted octanol–water partition coefficient (Wildman–Crippen LogP) is 4.92. The quantitative estimate of drug-likeness (QED) is 0.536. The lowest BCUT2D eigenvalue weighted by molar-refractivity contribution is 1.29. The van der Waals surface area contributed by atoms with Crippen molar-refractivity contribution in [2.45, 2.75) is 0 Å². The standard InChI is InChI=1S/C18H15N3S/c1-3-8-15(9-4-1)10-7-13-20-21-18-19-14-17(22-18)16-11-5-2-6-12-16/h1-14H,(H,19,21). The second-order valence-electron chi connectivity index (χ2n) is 4.56. The molecule has 0 fully saturated rings. The maximum atomic E-state index is 4.32. The zero-order valence-corrected chi connectivity index (χ0v) is 12.7. The molecule has 0 saturated carbocycles. The highest BCUT2D eigenvalue weighted by atomic mass is 32.1. The fraction of sp³-hybridized carbons (Fsp3) is 0. The highest BCUT2D eigenvalue weighted by Crippen LogP contribution is 2.28. The molecular weight excluding hydrogens is 290 g/mol. The van der Waals surface area contributed by atoms with Crippen LogP contribution in [0.1, 0.15) is 5.56 Å². The van der Waals surface area contributed by atoms with Gasteiger partial charge in [0.15, 0.2) is 0 Å². The van der Waals surface area contributed by atoms with E-state index in [1.54, 1.807) is 17.6 Å². The lowest BCUT2D eigenvalue weighted by atomic mass is 10.2. The Kier molecular flexibility index (Phi) is 4.74. The van der Waals surface area contributed by atoms with Crippen molar-refractivity contribution in [3.63, 3.8) is 0 Å². The van der Waals surface area contributed by atoms with Gasteiger partial charge in [0.1, 0.15) is 0 Å². The molecule has 0 radical (unpaired) electrons. The SMILES string of the molecule is C(=Cc1ccccc1)C=NNc1ncc(-c2ccccc2)s1.